The molecule has 0 atom stereocenters. The molecular weight excluding hydrogens is 312 g/mol. The molecule has 0 unspecified atom stereocenters. The molecule has 1 aromatic rings. The largest absolute Gasteiger partial charge is 0.493 e. The van der Waals surface area contributed by atoms with Crippen molar-refractivity contribution in [3.8, 4) is 17.2 Å². The Balaban J connectivity index is 1.98. The fraction of sp³-hybridized carbons (Fsp3) is 0.588. The number of hydrogen-bond donors (Lipinski definition) is 1. The molecule has 1 amide bonds. The van der Waals surface area contributed by atoms with Crippen LogP contribution in [0.1, 0.15) is 20.8 Å². The molecule has 1 saturated heterocycles. The maximum atomic E-state index is 11.9. The van der Waals surface area contributed by atoms with Crippen LogP contribution in [-0.4, -0.2) is 57.1 Å². The molecule has 0 spiro atoms. The van der Waals surface area contributed by atoms with E-state index >= 15 is 0 Å². The number of benzene rings is 1. The molecule has 7 heteroatoms. The van der Waals surface area contributed by atoms with Crippen LogP contribution in [0.2, 0.25) is 0 Å². The summed E-state index contributed by atoms with van der Waals surface area (Å²) in [5, 5.41) is 3.36. The van der Waals surface area contributed by atoms with Gasteiger partial charge in [0, 0.05) is 30.9 Å². The molecule has 0 bridgehead atoms. The van der Waals surface area contributed by atoms with E-state index in [1.807, 2.05) is 32.9 Å². The Morgan fingerprint density at radius 2 is 1.62 bits per heavy atom. The summed E-state index contributed by atoms with van der Waals surface area (Å²) in [5.41, 5.74) is 0.366. The van der Waals surface area contributed by atoms with Crippen molar-refractivity contribution in [1.29, 1.82) is 0 Å². The molecule has 0 radical (unpaired) electrons. The number of methoxy groups -OCH3 is 3. The molecule has 0 saturated carbocycles. The van der Waals surface area contributed by atoms with E-state index in [4.69, 9.17) is 18.9 Å². The maximum Gasteiger partial charge on any atom is 0.410 e. The first-order valence-corrected chi connectivity index (χ1v) is 7.82. The lowest BCUT2D eigenvalue weighted by atomic mass is 10.1. The molecule has 1 aliphatic rings. The number of anilines is 1. The molecular formula is C17H26N2O5. The lowest BCUT2D eigenvalue weighted by molar-refractivity contribution is 0.0105. The van der Waals surface area contributed by atoms with E-state index in [1.54, 1.807) is 26.2 Å². The van der Waals surface area contributed by atoms with Crippen LogP contribution in [0.25, 0.3) is 0 Å². The van der Waals surface area contributed by atoms with Crippen molar-refractivity contribution in [2.45, 2.75) is 32.4 Å². The molecule has 24 heavy (non-hydrogen) atoms. The summed E-state index contributed by atoms with van der Waals surface area (Å²) >= 11 is 0. The predicted molar refractivity (Wildman–Crippen MR) is 91.3 cm³/mol. The smallest absolute Gasteiger partial charge is 0.410 e. The van der Waals surface area contributed by atoms with E-state index in [1.165, 1.54) is 0 Å². The first-order valence-electron chi connectivity index (χ1n) is 7.82. The first kappa shape index (κ1) is 18.0. The summed E-state index contributed by atoms with van der Waals surface area (Å²) in [7, 11) is 4.72. The van der Waals surface area contributed by atoms with E-state index < -0.39 is 5.60 Å². The van der Waals surface area contributed by atoms with Crippen LogP contribution in [0, 0.1) is 0 Å². The number of likely N-dealkylation sites (tertiary alicyclic amines) is 1. The molecule has 1 heterocycles. The van der Waals surface area contributed by atoms with Crippen molar-refractivity contribution in [1.82, 2.24) is 4.90 Å². The van der Waals surface area contributed by atoms with Crippen molar-refractivity contribution in [3.05, 3.63) is 12.1 Å². The van der Waals surface area contributed by atoms with Gasteiger partial charge in [0.25, 0.3) is 0 Å². The SMILES string of the molecule is COc1cc(NC2CN(C(=O)OC(C)(C)C)C2)cc(OC)c1OC. The highest BCUT2D eigenvalue weighted by Gasteiger charge is 2.33. The summed E-state index contributed by atoms with van der Waals surface area (Å²) in [6.07, 6.45) is -0.287. The highest BCUT2D eigenvalue weighted by Crippen LogP contribution is 2.40. The molecule has 0 aromatic heterocycles. The molecule has 0 aliphatic carbocycles. The maximum absolute atomic E-state index is 11.9. The van der Waals surface area contributed by atoms with Crippen molar-refractivity contribution in [2.24, 2.45) is 0 Å². The third-order valence-corrected chi connectivity index (χ3v) is 3.57. The van der Waals surface area contributed by atoms with Crippen LogP contribution in [0.3, 0.4) is 0 Å². The van der Waals surface area contributed by atoms with Crippen molar-refractivity contribution in [2.75, 3.05) is 39.7 Å². The minimum absolute atomic E-state index is 0.153. The van der Waals surface area contributed by atoms with Gasteiger partial charge < -0.3 is 29.2 Å². The fourth-order valence-electron chi connectivity index (χ4n) is 2.45. The topological polar surface area (TPSA) is 69.3 Å². The summed E-state index contributed by atoms with van der Waals surface area (Å²) in [5.74, 6) is 1.72. The highest BCUT2D eigenvalue weighted by atomic mass is 16.6. The number of carbonyl (C=O) groups is 1. The van der Waals surface area contributed by atoms with Crippen molar-refractivity contribution < 1.29 is 23.7 Å². The Morgan fingerprint density at radius 1 is 1.08 bits per heavy atom. The number of carbonyl (C=O) groups excluding carboxylic acids is 1. The zero-order chi connectivity index (χ0) is 17.9. The molecule has 134 valence electrons. The number of nitrogens with one attached hydrogen (secondary N) is 1. The summed E-state index contributed by atoms with van der Waals surface area (Å²) < 4.78 is 21.3. The molecule has 1 N–H and O–H groups in total. The highest BCUT2D eigenvalue weighted by molar-refractivity contribution is 5.70. The van der Waals surface area contributed by atoms with E-state index in [0.717, 1.165) is 5.69 Å². The van der Waals surface area contributed by atoms with Gasteiger partial charge in [-0.2, -0.15) is 0 Å². The van der Waals surface area contributed by atoms with Gasteiger partial charge in [0.15, 0.2) is 11.5 Å². The second-order valence-electron chi connectivity index (χ2n) is 6.64. The summed E-state index contributed by atoms with van der Waals surface area (Å²) in [6.45, 7) is 6.75. The van der Waals surface area contributed by atoms with Gasteiger partial charge >= 0.3 is 6.09 Å². The standard InChI is InChI=1S/C17H26N2O5/c1-17(2,3)24-16(20)19-9-12(10-19)18-11-7-13(21-4)15(23-6)14(8-11)22-5/h7-8,12,18H,9-10H2,1-6H3. The molecule has 1 aliphatic heterocycles. The average molecular weight is 338 g/mol. The van der Waals surface area contributed by atoms with Gasteiger partial charge in [-0.3, -0.25) is 0 Å². The van der Waals surface area contributed by atoms with Gasteiger partial charge in [-0.25, -0.2) is 4.79 Å². The third-order valence-electron chi connectivity index (χ3n) is 3.57. The molecule has 1 fully saturated rings. The Labute approximate surface area is 142 Å². The van der Waals surface area contributed by atoms with Crippen LogP contribution >= 0.6 is 0 Å². The van der Waals surface area contributed by atoms with Crippen LogP contribution < -0.4 is 19.5 Å². The van der Waals surface area contributed by atoms with E-state index in [9.17, 15) is 4.79 Å². The van der Waals surface area contributed by atoms with Gasteiger partial charge in [0.05, 0.1) is 27.4 Å². The Hall–Kier alpha value is -2.31. The van der Waals surface area contributed by atoms with Gasteiger partial charge in [-0.15, -0.1) is 0 Å². The number of nitrogens with zero attached hydrogens (tertiary/aromatic N) is 1. The molecule has 1 aromatic carbocycles. The van der Waals surface area contributed by atoms with E-state index in [2.05, 4.69) is 5.32 Å². The average Bonchev–Trinajstić information content (AvgIpc) is 2.47. The minimum atomic E-state index is -0.480. The number of rotatable bonds is 5. The Morgan fingerprint density at radius 3 is 2.04 bits per heavy atom. The number of hydrogen-bond acceptors (Lipinski definition) is 6. The zero-order valence-corrected chi connectivity index (χ0v) is 15.1. The third kappa shape index (κ3) is 4.15. The lowest BCUT2D eigenvalue weighted by Gasteiger charge is -2.40. The fourth-order valence-corrected chi connectivity index (χ4v) is 2.45. The second-order valence-corrected chi connectivity index (χ2v) is 6.64. The first-order chi connectivity index (χ1) is 11.3. The van der Waals surface area contributed by atoms with Crippen molar-refractivity contribution in [3.63, 3.8) is 0 Å². The summed E-state index contributed by atoms with van der Waals surface area (Å²) in [6, 6.07) is 3.84. The van der Waals surface area contributed by atoms with Crippen molar-refractivity contribution >= 4 is 11.8 Å². The van der Waals surface area contributed by atoms with Crippen LogP contribution in [0.5, 0.6) is 17.2 Å². The normalized spacial score (nSPS) is 14.7. The van der Waals surface area contributed by atoms with Crippen LogP contribution in [0.4, 0.5) is 10.5 Å². The quantitative estimate of drug-likeness (QED) is 0.890. The monoisotopic (exact) mass is 338 g/mol. The van der Waals surface area contributed by atoms with Gasteiger partial charge in [0.1, 0.15) is 5.60 Å². The summed E-state index contributed by atoms with van der Waals surface area (Å²) in [4.78, 5) is 13.6. The molecule has 2 rings (SSSR count). The number of amides is 1. The minimum Gasteiger partial charge on any atom is -0.493 e. The predicted octanol–water partition coefficient (Wildman–Crippen LogP) is 2.74. The van der Waals surface area contributed by atoms with Crippen LogP contribution in [-0.2, 0) is 4.74 Å². The van der Waals surface area contributed by atoms with E-state index in [0.29, 0.717) is 30.3 Å². The van der Waals surface area contributed by atoms with Crippen LogP contribution in [0.15, 0.2) is 12.1 Å². The molecule has 7 nitrogen and oxygen atoms in total. The second kappa shape index (κ2) is 7.07. The lowest BCUT2D eigenvalue weighted by Crippen LogP contribution is -2.57. The van der Waals surface area contributed by atoms with Gasteiger partial charge in [-0.05, 0) is 20.8 Å². The zero-order valence-electron chi connectivity index (χ0n) is 15.1. The Kier molecular flexibility index (Phi) is 5.31. The Bertz CT molecular complexity index is 566. The number of ether oxygens (including phenoxy) is 4. The van der Waals surface area contributed by atoms with Gasteiger partial charge in [-0.1, -0.05) is 0 Å². The van der Waals surface area contributed by atoms with E-state index in [-0.39, 0.29) is 12.1 Å². The van der Waals surface area contributed by atoms with Gasteiger partial charge in [0.2, 0.25) is 5.75 Å².